The molecule has 3 aromatic rings. The number of aryl methyl sites for hydroxylation is 3. The fourth-order valence-corrected chi connectivity index (χ4v) is 6.17. The van der Waals surface area contributed by atoms with Gasteiger partial charge in [0, 0.05) is 5.56 Å². The van der Waals surface area contributed by atoms with Gasteiger partial charge in [0.1, 0.15) is 10.3 Å². The highest BCUT2D eigenvalue weighted by molar-refractivity contribution is 8.01. The third-order valence-electron chi connectivity index (χ3n) is 5.70. The number of anilines is 1. The first kappa shape index (κ1) is 21.8. The van der Waals surface area contributed by atoms with E-state index in [9.17, 15) is 4.79 Å². The summed E-state index contributed by atoms with van der Waals surface area (Å²) in [4.78, 5) is 16.2. The van der Waals surface area contributed by atoms with Gasteiger partial charge in [-0.25, -0.2) is 0 Å². The van der Waals surface area contributed by atoms with Crippen LogP contribution in [0, 0.1) is 20.8 Å². The summed E-state index contributed by atoms with van der Waals surface area (Å²) >= 11 is 3.00. The summed E-state index contributed by atoms with van der Waals surface area (Å²) in [6.07, 6.45) is 2.20. The number of hydrogen-bond acceptors (Lipinski definition) is 5. The van der Waals surface area contributed by atoms with Gasteiger partial charge in [-0.2, -0.15) is 0 Å². The summed E-state index contributed by atoms with van der Waals surface area (Å²) in [7, 11) is 0. The Morgan fingerprint density at radius 3 is 2.35 bits per heavy atom. The molecule has 31 heavy (non-hydrogen) atoms. The van der Waals surface area contributed by atoms with Gasteiger partial charge < -0.3 is 4.90 Å². The van der Waals surface area contributed by atoms with Crippen LogP contribution in [0.4, 0.5) is 5.69 Å². The highest BCUT2D eigenvalue weighted by Gasteiger charge is 2.40. The van der Waals surface area contributed by atoms with Gasteiger partial charge in [0.25, 0.3) is 0 Å². The van der Waals surface area contributed by atoms with Crippen molar-refractivity contribution in [3.63, 3.8) is 0 Å². The van der Waals surface area contributed by atoms with Crippen molar-refractivity contribution in [1.29, 1.82) is 0 Å². The molecule has 0 saturated carbocycles. The number of thioether (sulfide) groups is 1. The summed E-state index contributed by atoms with van der Waals surface area (Å²) in [6, 6.07) is 14.3. The Kier molecular flexibility index (Phi) is 5.79. The maximum atomic E-state index is 14.2. The molecule has 0 radical (unpaired) electrons. The molecule has 2 aromatic carbocycles. The van der Waals surface area contributed by atoms with E-state index in [1.807, 2.05) is 42.2 Å². The number of nitrogens with zero attached hydrogens (tertiary/aromatic N) is 3. The zero-order valence-corrected chi connectivity index (χ0v) is 20.4. The predicted octanol–water partition coefficient (Wildman–Crippen LogP) is 6.53. The smallest absolute Gasteiger partial charge is 0.245 e. The molecule has 0 fully saturated rings. The Bertz CT molecular complexity index is 1160. The van der Waals surface area contributed by atoms with Crippen LogP contribution in [0.15, 0.2) is 52.9 Å². The van der Waals surface area contributed by atoms with Gasteiger partial charge >= 0.3 is 0 Å². The molecule has 1 aliphatic rings. The largest absolute Gasteiger partial charge is 0.301 e. The van der Waals surface area contributed by atoms with E-state index in [0.29, 0.717) is 0 Å². The summed E-state index contributed by atoms with van der Waals surface area (Å²) < 4.78 is 0.807. The molecule has 1 unspecified atom stereocenters. The Balaban J connectivity index is 1.83. The summed E-state index contributed by atoms with van der Waals surface area (Å²) in [5.41, 5.74) is 6.25. The third-order valence-corrected chi connectivity index (χ3v) is 7.86. The molecule has 2 heterocycles. The topological polar surface area (TPSA) is 46.1 Å². The normalized spacial score (nSPS) is 15.9. The van der Waals surface area contributed by atoms with E-state index in [1.165, 1.54) is 39.8 Å². The van der Waals surface area contributed by atoms with Crippen LogP contribution in [0.5, 0.6) is 0 Å². The molecule has 4 nitrogen and oxygen atoms in total. The molecular formula is C25H27N3OS2. The molecule has 0 aliphatic carbocycles. The second-order valence-electron chi connectivity index (χ2n) is 8.60. The van der Waals surface area contributed by atoms with Crippen LogP contribution in [-0.4, -0.2) is 21.6 Å². The number of carbonyl (C=O) groups is 1. The maximum Gasteiger partial charge on any atom is 0.245 e. The highest BCUT2D eigenvalue weighted by atomic mass is 32.2. The van der Waals surface area contributed by atoms with E-state index >= 15 is 0 Å². The number of hydrogen-bond donors (Lipinski definition) is 0. The van der Waals surface area contributed by atoms with Crippen molar-refractivity contribution >= 4 is 40.3 Å². The zero-order chi connectivity index (χ0) is 22.3. The monoisotopic (exact) mass is 449 g/mol. The van der Waals surface area contributed by atoms with E-state index in [1.54, 1.807) is 0 Å². The van der Waals surface area contributed by atoms with Gasteiger partial charge in [-0.05, 0) is 75.9 Å². The Labute approximate surface area is 192 Å². The lowest BCUT2D eigenvalue weighted by molar-refractivity contribution is -0.119. The Morgan fingerprint density at radius 2 is 1.71 bits per heavy atom. The van der Waals surface area contributed by atoms with Crippen molar-refractivity contribution in [1.82, 2.24) is 10.2 Å². The lowest BCUT2D eigenvalue weighted by Crippen LogP contribution is -2.50. The number of aromatic nitrogens is 2. The molecular weight excluding hydrogens is 422 g/mol. The van der Waals surface area contributed by atoms with Crippen LogP contribution in [0.1, 0.15) is 53.3 Å². The third kappa shape index (κ3) is 4.19. The van der Waals surface area contributed by atoms with E-state index in [0.717, 1.165) is 26.2 Å². The minimum Gasteiger partial charge on any atom is -0.301 e. The van der Waals surface area contributed by atoms with Gasteiger partial charge in [-0.3, -0.25) is 4.79 Å². The van der Waals surface area contributed by atoms with Crippen LogP contribution in [0.3, 0.4) is 0 Å². The van der Waals surface area contributed by atoms with Gasteiger partial charge in [0.2, 0.25) is 5.91 Å². The van der Waals surface area contributed by atoms with Crippen molar-refractivity contribution in [2.45, 2.75) is 56.7 Å². The van der Waals surface area contributed by atoms with Crippen LogP contribution >= 0.6 is 23.1 Å². The minimum absolute atomic E-state index is 0.0577. The molecule has 6 heteroatoms. The molecule has 0 spiro atoms. The van der Waals surface area contributed by atoms with Gasteiger partial charge in [-0.1, -0.05) is 59.5 Å². The lowest BCUT2D eigenvalue weighted by atomic mass is 9.86. The number of fused-ring (bicyclic) bond motifs is 1. The number of carbonyl (C=O) groups excluding carboxylic acids is 1. The molecule has 0 saturated heterocycles. The summed E-state index contributed by atoms with van der Waals surface area (Å²) in [5, 5.41) is 8.91. The van der Waals surface area contributed by atoms with Crippen LogP contribution in [0.25, 0.3) is 5.57 Å². The van der Waals surface area contributed by atoms with Crippen molar-refractivity contribution in [2.75, 3.05) is 4.90 Å². The van der Waals surface area contributed by atoms with Crippen molar-refractivity contribution in [2.24, 2.45) is 0 Å². The summed E-state index contributed by atoms with van der Waals surface area (Å²) in [5.74, 6) is 0.0577. The van der Waals surface area contributed by atoms with Crippen LogP contribution in [-0.2, 0) is 4.79 Å². The zero-order valence-electron chi connectivity index (χ0n) is 18.8. The van der Waals surface area contributed by atoms with Crippen LogP contribution < -0.4 is 4.90 Å². The Morgan fingerprint density at radius 1 is 1.03 bits per heavy atom. The fourth-order valence-electron chi connectivity index (χ4n) is 4.12. The average molecular weight is 450 g/mol. The Hall–Kier alpha value is -2.44. The van der Waals surface area contributed by atoms with E-state index in [2.05, 4.69) is 63.0 Å². The van der Waals surface area contributed by atoms with Crippen LogP contribution in [0.2, 0.25) is 0 Å². The molecule has 160 valence electrons. The highest BCUT2D eigenvalue weighted by Crippen LogP contribution is 2.45. The number of amides is 1. The second kappa shape index (κ2) is 8.24. The van der Waals surface area contributed by atoms with Crippen molar-refractivity contribution < 1.29 is 4.79 Å². The number of benzene rings is 2. The molecule has 4 rings (SSSR count). The van der Waals surface area contributed by atoms with Crippen molar-refractivity contribution in [3.8, 4) is 0 Å². The van der Waals surface area contributed by atoms with E-state index in [-0.39, 0.29) is 5.91 Å². The molecule has 1 atom stereocenters. The maximum absolute atomic E-state index is 14.2. The van der Waals surface area contributed by atoms with Gasteiger partial charge in [-0.15, -0.1) is 10.2 Å². The van der Waals surface area contributed by atoms with E-state index < -0.39 is 10.8 Å². The standard InChI is InChI=1S/C25H27N3OS2/c1-15-12-20-17(3)14-25(5,6)28(21(20)13-16(15)2)23(29)22(19-10-8-7-9-11-19)31-24-27-26-18(4)30-24/h7-14,22H,1-6H3. The molecule has 0 N–H and O–H groups in total. The van der Waals surface area contributed by atoms with E-state index in [4.69, 9.17) is 0 Å². The van der Waals surface area contributed by atoms with Gasteiger partial charge in [0.05, 0.1) is 11.2 Å². The van der Waals surface area contributed by atoms with Crippen molar-refractivity contribution in [3.05, 3.63) is 75.8 Å². The molecule has 1 aromatic heterocycles. The first-order valence-electron chi connectivity index (χ1n) is 10.3. The quantitative estimate of drug-likeness (QED) is 0.425. The number of rotatable bonds is 4. The average Bonchev–Trinajstić information content (AvgIpc) is 3.12. The SMILES string of the molecule is CC1=CC(C)(C)N(C(=O)C(Sc2nnc(C)s2)c2ccccc2)c2cc(C)c(C)cc21. The minimum atomic E-state index is -0.444. The molecule has 1 aliphatic heterocycles. The summed E-state index contributed by atoms with van der Waals surface area (Å²) in [6.45, 7) is 12.5. The lowest BCUT2D eigenvalue weighted by Gasteiger charge is -2.43. The first-order valence-corrected chi connectivity index (χ1v) is 12.0. The number of allylic oxidation sites excluding steroid dienone is 1. The fraction of sp³-hybridized carbons (Fsp3) is 0.320. The van der Waals surface area contributed by atoms with Gasteiger partial charge in [0.15, 0.2) is 4.34 Å². The predicted molar refractivity (Wildman–Crippen MR) is 131 cm³/mol. The molecule has 1 amide bonds. The molecule has 0 bridgehead atoms. The second-order valence-corrected chi connectivity index (χ2v) is 11.1. The first-order chi connectivity index (χ1) is 14.7.